The van der Waals surface area contributed by atoms with Gasteiger partial charge < -0.3 is 31.2 Å². The number of nitrogens with one attached hydrogen (secondary N) is 3. The predicted molar refractivity (Wildman–Crippen MR) is 185 cm³/mol. The molecular weight excluding hydrogens is 641 g/mol. The summed E-state index contributed by atoms with van der Waals surface area (Å²) in [5.41, 5.74) is 10.6. The van der Waals surface area contributed by atoms with E-state index in [4.69, 9.17) is 15.2 Å². The molecule has 47 heavy (non-hydrogen) atoms. The standard InChI is InChI=1S/C35H39N5O5.2ClH/c1-2-44-30-16-14-25(15-17-30)19-31(36)33(41)40-32(20-29-9-6-18-37-21-29)34(42)38-22-26-10-12-27(13-11-26)23-39-35(43)45-24-28-7-4-3-5-8-28;;/h3-18,21,31-32H,2,19-20,22-24,36H2,1H3,(H,38,42)(H,39,43)(H,40,41);2*1H/t31-,32+;;/m1../s1. The average Bonchev–Trinajstić information content (AvgIpc) is 3.07. The number of rotatable bonds is 15. The predicted octanol–water partition coefficient (Wildman–Crippen LogP) is 4.66. The molecule has 0 fully saturated rings. The molecule has 4 rings (SSSR count). The summed E-state index contributed by atoms with van der Waals surface area (Å²) in [7, 11) is 0. The molecule has 1 aromatic heterocycles. The van der Waals surface area contributed by atoms with Gasteiger partial charge in [-0.25, -0.2) is 4.79 Å². The van der Waals surface area contributed by atoms with Crippen molar-refractivity contribution in [1.82, 2.24) is 20.9 Å². The summed E-state index contributed by atoms with van der Waals surface area (Å²) in [6.45, 7) is 3.23. The molecule has 0 radical (unpaired) electrons. The van der Waals surface area contributed by atoms with Gasteiger partial charge in [-0.3, -0.25) is 14.6 Å². The number of ether oxygens (including phenoxy) is 2. The lowest BCUT2D eigenvalue weighted by molar-refractivity contribution is -0.129. The van der Waals surface area contributed by atoms with Crippen LogP contribution in [0.15, 0.2) is 103 Å². The fourth-order valence-corrected chi connectivity index (χ4v) is 4.51. The third-order valence-corrected chi connectivity index (χ3v) is 6.96. The van der Waals surface area contributed by atoms with Crippen LogP contribution in [0, 0.1) is 0 Å². The topological polar surface area (TPSA) is 145 Å². The van der Waals surface area contributed by atoms with Crippen LogP contribution in [-0.2, 0) is 46.9 Å². The Balaban J connectivity index is 0.00000384. The fraction of sp³-hybridized carbons (Fsp3) is 0.257. The van der Waals surface area contributed by atoms with Gasteiger partial charge in [0.15, 0.2) is 0 Å². The van der Waals surface area contributed by atoms with Gasteiger partial charge in [-0.15, -0.1) is 24.8 Å². The zero-order valence-corrected chi connectivity index (χ0v) is 27.7. The molecule has 0 bridgehead atoms. The monoisotopic (exact) mass is 681 g/mol. The summed E-state index contributed by atoms with van der Waals surface area (Å²) >= 11 is 0. The van der Waals surface area contributed by atoms with E-state index in [0.717, 1.165) is 33.6 Å². The fourth-order valence-electron chi connectivity index (χ4n) is 4.51. The number of alkyl carbamates (subject to hydrolysis) is 1. The molecule has 5 N–H and O–H groups in total. The molecule has 3 amide bonds. The highest BCUT2D eigenvalue weighted by Gasteiger charge is 2.24. The Morgan fingerprint density at radius 2 is 1.34 bits per heavy atom. The van der Waals surface area contributed by atoms with Crippen LogP contribution in [0.4, 0.5) is 4.79 Å². The van der Waals surface area contributed by atoms with E-state index in [1.807, 2.05) is 91.9 Å². The highest BCUT2D eigenvalue weighted by Crippen LogP contribution is 2.13. The molecule has 0 spiro atoms. The van der Waals surface area contributed by atoms with Crippen LogP contribution >= 0.6 is 24.8 Å². The molecule has 2 atom stereocenters. The number of aromatic nitrogens is 1. The SMILES string of the molecule is CCOc1ccc(C[C@@H](N)C(=O)N[C@@H](Cc2cccnc2)C(=O)NCc2ccc(CNC(=O)OCc3ccccc3)cc2)cc1.Cl.Cl. The maximum absolute atomic E-state index is 13.3. The molecule has 3 aromatic carbocycles. The van der Waals surface area contributed by atoms with Crippen molar-refractivity contribution in [3.8, 4) is 5.75 Å². The van der Waals surface area contributed by atoms with E-state index in [2.05, 4.69) is 20.9 Å². The maximum Gasteiger partial charge on any atom is 0.407 e. The lowest BCUT2D eigenvalue weighted by Gasteiger charge is -2.21. The molecule has 0 saturated carbocycles. The molecular formula is C35H41Cl2N5O5. The number of hydrogen-bond acceptors (Lipinski definition) is 7. The van der Waals surface area contributed by atoms with Gasteiger partial charge in [0.05, 0.1) is 12.6 Å². The van der Waals surface area contributed by atoms with Gasteiger partial charge in [-0.2, -0.15) is 0 Å². The first kappa shape index (κ1) is 38.5. The van der Waals surface area contributed by atoms with E-state index < -0.39 is 24.1 Å². The number of hydrogen-bond donors (Lipinski definition) is 4. The zero-order chi connectivity index (χ0) is 31.9. The second-order valence-corrected chi connectivity index (χ2v) is 10.5. The van der Waals surface area contributed by atoms with Crippen LogP contribution in [0.1, 0.15) is 34.7 Å². The first-order valence-electron chi connectivity index (χ1n) is 14.9. The first-order valence-corrected chi connectivity index (χ1v) is 14.9. The molecule has 0 unspecified atom stereocenters. The quantitative estimate of drug-likeness (QED) is 0.143. The van der Waals surface area contributed by atoms with Crippen LogP contribution in [0.5, 0.6) is 5.75 Å². The van der Waals surface area contributed by atoms with E-state index in [1.165, 1.54) is 0 Å². The lowest BCUT2D eigenvalue weighted by atomic mass is 10.0. The Bertz CT molecular complexity index is 1510. The van der Waals surface area contributed by atoms with Crippen molar-refractivity contribution < 1.29 is 23.9 Å². The van der Waals surface area contributed by atoms with Gasteiger partial charge in [0.1, 0.15) is 18.4 Å². The minimum Gasteiger partial charge on any atom is -0.494 e. The van der Waals surface area contributed by atoms with Crippen molar-refractivity contribution >= 4 is 42.7 Å². The van der Waals surface area contributed by atoms with Gasteiger partial charge in [0, 0.05) is 31.9 Å². The summed E-state index contributed by atoms with van der Waals surface area (Å²) in [5.74, 6) is -0.0162. The van der Waals surface area contributed by atoms with Crippen molar-refractivity contribution in [1.29, 1.82) is 0 Å². The molecule has 1 heterocycles. The Kier molecular flexibility index (Phi) is 16.8. The lowest BCUT2D eigenvalue weighted by Crippen LogP contribution is -2.52. The minimum atomic E-state index is -0.849. The van der Waals surface area contributed by atoms with Crippen molar-refractivity contribution in [2.24, 2.45) is 5.73 Å². The van der Waals surface area contributed by atoms with Crippen LogP contribution in [0.3, 0.4) is 0 Å². The van der Waals surface area contributed by atoms with Crippen LogP contribution in [0.2, 0.25) is 0 Å². The van der Waals surface area contributed by atoms with Crippen molar-refractivity contribution in [3.63, 3.8) is 0 Å². The third kappa shape index (κ3) is 13.3. The maximum atomic E-state index is 13.3. The van der Waals surface area contributed by atoms with Crippen LogP contribution in [0.25, 0.3) is 0 Å². The summed E-state index contributed by atoms with van der Waals surface area (Å²) in [4.78, 5) is 42.5. The molecule has 0 aliphatic carbocycles. The van der Waals surface area contributed by atoms with E-state index >= 15 is 0 Å². The van der Waals surface area contributed by atoms with Gasteiger partial charge >= 0.3 is 6.09 Å². The van der Waals surface area contributed by atoms with E-state index in [1.54, 1.807) is 18.5 Å². The van der Waals surface area contributed by atoms with E-state index in [-0.39, 0.29) is 50.3 Å². The highest BCUT2D eigenvalue weighted by molar-refractivity contribution is 5.90. The molecule has 10 nitrogen and oxygen atoms in total. The number of carbonyl (C=O) groups excluding carboxylic acids is 3. The van der Waals surface area contributed by atoms with Crippen molar-refractivity contribution in [2.45, 2.75) is 51.5 Å². The van der Waals surface area contributed by atoms with E-state index in [0.29, 0.717) is 19.6 Å². The molecule has 0 aliphatic heterocycles. The first-order chi connectivity index (χ1) is 21.9. The third-order valence-electron chi connectivity index (χ3n) is 6.96. The number of pyridine rings is 1. The second-order valence-electron chi connectivity index (χ2n) is 10.5. The summed E-state index contributed by atoms with van der Waals surface area (Å²) in [5, 5.41) is 8.48. The van der Waals surface area contributed by atoms with Gasteiger partial charge in [-0.05, 0) is 59.4 Å². The van der Waals surface area contributed by atoms with Crippen LogP contribution < -0.4 is 26.4 Å². The Morgan fingerprint density at radius 3 is 1.96 bits per heavy atom. The molecule has 4 aromatic rings. The van der Waals surface area contributed by atoms with Crippen molar-refractivity contribution in [2.75, 3.05) is 6.61 Å². The van der Waals surface area contributed by atoms with Gasteiger partial charge in [0.2, 0.25) is 11.8 Å². The number of halogens is 2. The zero-order valence-electron chi connectivity index (χ0n) is 26.1. The van der Waals surface area contributed by atoms with Gasteiger partial charge in [-0.1, -0.05) is 72.8 Å². The normalized spacial score (nSPS) is 11.4. The summed E-state index contributed by atoms with van der Waals surface area (Å²) in [6, 6.07) is 26.3. The second kappa shape index (κ2) is 20.5. The van der Waals surface area contributed by atoms with Gasteiger partial charge in [0.25, 0.3) is 0 Å². The van der Waals surface area contributed by atoms with Crippen LogP contribution in [-0.4, -0.2) is 41.6 Å². The molecule has 250 valence electrons. The largest absolute Gasteiger partial charge is 0.494 e. The number of amides is 3. The highest BCUT2D eigenvalue weighted by atomic mass is 35.5. The number of carbonyl (C=O) groups is 3. The summed E-state index contributed by atoms with van der Waals surface area (Å²) < 4.78 is 10.7. The smallest absolute Gasteiger partial charge is 0.407 e. The molecule has 12 heteroatoms. The Labute approximate surface area is 287 Å². The Morgan fingerprint density at radius 1 is 0.723 bits per heavy atom. The molecule has 0 saturated heterocycles. The Hall–Kier alpha value is -4.64. The average molecular weight is 683 g/mol. The van der Waals surface area contributed by atoms with Crippen molar-refractivity contribution in [3.05, 3.63) is 131 Å². The number of nitrogens with two attached hydrogens (primary N) is 1. The number of nitrogens with zero attached hydrogens (tertiary/aromatic N) is 1. The summed E-state index contributed by atoms with van der Waals surface area (Å²) in [6.07, 6.45) is 3.38. The number of benzene rings is 3. The minimum absolute atomic E-state index is 0. The molecule has 0 aliphatic rings. The van der Waals surface area contributed by atoms with E-state index in [9.17, 15) is 14.4 Å².